The summed E-state index contributed by atoms with van der Waals surface area (Å²) in [5.74, 6) is 1.75. The topological polar surface area (TPSA) is 91.7 Å². The highest BCUT2D eigenvalue weighted by Crippen LogP contribution is 2.23. The second-order valence-electron chi connectivity index (χ2n) is 7.85. The zero-order chi connectivity index (χ0) is 21.5. The first kappa shape index (κ1) is 21.6. The lowest BCUT2D eigenvalue weighted by Gasteiger charge is -2.33. The van der Waals surface area contributed by atoms with Crippen LogP contribution >= 0.6 is 0 Å². The van der Waals surface area contributed by atoms with Crippen molar-refractivity contribution in [2.75, 3.05) is 18.4 Å². The van der Waals surface area contributed by atoms with Crippen molar-refractivity contribution in [1.29, 1.82) is 0 Å². The summed E-state index contributed by atoms with van der Waals surface area (Å²) in [5, 5.41) is 5.59. The number of nitrogens with zero attached hydrogens (tertiary/aromatic N) is 1. The molecule has 0 bridgehead atoms. The molecule has 3 amide bonds. The molecule has 7 nitrogen and oxygen atoms in total. The molecule has 3 rings (SSSR count). The molecule has 1 saturated heterocycles. The number of amides is 3. The number of hydrogen-bond acceptors (Lipinski definition) is 4. The standard InChI is InChI=1S/C23H29N3O4/c1-16-5-11-21(30-16)14-24-22(28)12-6-18-4-3-13-26(15-18)23(29)19-7-9-20(10-8-19)25-17(2)27/h5,7-11,18H,3-4,6,12-15H2,1-2H3,(H,24,28)(H,25,27)/t18-/m1/s1. The fraction of sp³-hybridized carbons (Fsp3) is 0.435. The van der Waals surface area contributed by atoms with Crippen molar-refractivity contribution in [2.24, 2.45) is 5.92 Å². The molecule has 1 atom stereocenters. The van der Waals surface area contributed by atoms with Gasteiger partial charge in [0.1, 0.15) is 11.5 Å². The van der Waals surface area contributed by atoms with Gasteiger partial charge in [-0.15, -0.1) is 0 Å². The number of carbonyl (C=O) groups excluding carboxylic acids is 3. The highest BCUT2D eigenvalue weighted by atomic mass is 16.3. The van der Waals surface area contributed by atoms with E-state index < -0.39 is 0 Å². The Morgan fingerprint density at radius 2 is 1.90 bits per heavy atom. The van der Waals surface area contributed by atoms with Crippen LogP contribution in [0.4, 0.5) is 5.69 Å². The van der Waals surface area contributed by atoms with Crippen LogP contribution in [0.3, 0.4) is 0 Å². The van der Waals surface area contributed by atoms with Crippen LogP contribution in [0.5, 0.6) is 0 Å². The third kappa shape index (κ3) is 6.20. The predicted octanol–water partition coefficient (Wildman–Crippen LogP) is 3.50. The van der Waals surface area contributed by atoms with Gasteiger partial charge >= 0.3 is 0 Å². The molecule has 1 aromatic carbocycles. The Balaban J connectivity index is 1.45. The Kier molecular flexibility index (Phi) is 7.27. The van der Waals surface area contributed by atoms with Crippen LogP contribution in [0.2, 0.25) is 0 Å². The van der Waals surface area contributed by atoms with E-state index in [2.05, 4.69) is 10.6 Å². The van der Waals surface area contributed by atoms with Gasteiger partial charge in [-0.1, -0.05) is 0 Å². The monoisotopic (exact) mass is 411 g/mol. The molecule has 0 spiro atoms. The van der Waals surface area contributed by atoms with Crippen LogP contribution in [-0.2, 0) is 16.1 Å². The summed E-state index contributed by atoms with van der Waals surface area (Å²) in [6.45, 7) is 5.12. The van der Waals surface area contributed by atoms with Gasteiger partial charge in [0.25, 0.3) is 5.91 Å². The maximum Gasteiger partial charge on any atom is 0.253 e. The number of piperidine rings is 1. The molecule has 1 aliphatic rings. The molecular weight excluding hydrogens is 382 g/mol. The quantitative estimate of drug-likeness (QED) is 0.729. The van der Waals surface area contributed by atoms with E-state index in [0.717, 1.165) is 37.3 Å². The zero-order valence-corrected chi connectivity index (χ0v) is 17.6. The lowest BCUT2D eigenvalue weighted by molar-refractivity contribution is -0.121. The molecule has 2 heterocycles. The lowest BCUT2D eigenvalue weighted by Crippen LogP contribution is -2.40. The van der Waals surface area contributed by atoms with E-state index >= 15 is 0 Å². The number of aryl methyl sites for hydroxylation is 1. The summed E-state index contributed by atoms with van der Waals surface area (Å²) in [7, 11) is 0. The van der Waals surface area contributed by atoms with Crippen molar-refractivity contribution in [3.05, 3.63) is 53.5 Å². The maximum absolute atomic E-state index is 12.8. The van der Waals surface area contributed by atoms with Gasteiger partial charge in [-0.2, -0.15) is 0 Å². The zero-order valence-electron chi connectivity index (χ0n) is 17.6. The van der Waals surface area contributed by atoms with Crippen LogP contribution in [0.25, 0.3) is 0 Å². The average molecular weight is 412 g/mol. The Bertz CT molecular complexity index is 888. The fourth-order valence-electron chi connectivity index (χ4n) is 3.76. The van der Waals surface area contributed by atoms with E-state index in [1.165, 1.54) is 6.92 Å². The first-order chi connectivity index (χ1) is 14.4. The van der Waals surface area contributed by atoms with Gasteiger partial charge in [0, 0.05) is 37.7 Å². The molecule has 1 fully saturated rings. The van der Waals surface area contributed by atoms with Gasteiger partial charge in [0.15, 0.2) is 0 Å². The van der Waals surface area contributed by atoms with Crippen LogP contribution in [0, 0.1) is 12.8 Å². The summed E-state index contributed by atoms with van der Waals surface area (Å²) in [5.41, 5.74) is 1.28. The smallest absolute Gasteiger partial charge is 0.253 e. The van der Waals surface area contributed by atoms with E-state index in [0.29, 0.717) is 36.7 Å². The van der Waals surface area contributed by atoms with Crippen LogP contribution in [-0.4, -0.2) is 35.7 Å². The molecule has 1 aliphatic heterocycles. The van der Waals surface area contributed by atoms with E-state index in [1.54, 1.807) is 24.3 Å². The summed E-state index contributed by atoms with van der Waals surface area (Å²) < 4.78 is 5.46. The number of nitrogens with one attached hydrogen (secondary N) is 2. The van der Waals surface area contributed by atoms with E-state index in [1.807, 2.05) is 24.0 Å². The second kappa shape index (κ2) is 10.1. The third-order valence-corrected chi connectivity index (χ3v) is 5.29. The minimum atomic E-state index is -0.142. The summed E-state index contributed by atoms with van der Waals surface area (Å²) >= 11 is 0. The van der Waals surface area contributed by atoms with E-state index in [-0.39, 0.29) is 17.7 Å². The number of hydrogen-bond donors (Lipinski definition) is 2. The van der Waals surface area contributed by atoms with Gasteiger partial charge in [-0.25, -0.2) is 0 Å². The summed E-state index contributed by atoms with van der Waals surface area (Å²) in [6, 6.07) is 10.7. The predicted molar refractivity (Wildman–Crippen MR) is 114 cm³/mol. The highest BCUT2D eigenvalue weighted by molar-refractivity contribution is 5.95. The van der Waals surface area contributed by atoms with Crippen molar-refractivity contribution in [1.82, 2.24) is 10.2 Å². The molecule has 0 radical (unpaired) electrons. The fourth-order valence-corrected chi connectivity index (χ4v) is 3.76. The molecular formula is C23H29N3O4. The third-order valence-electron chi connectivity index (χ3n) is 5.29. The largest absolute Gasteiger partial charge is 0.465 e. The van der Waals surface area contributed by atoms with Gasteiger partial charge in [0.2, 0.25) is 11.8 Å². The van der Waals surface area contributed by atoms with Crippen molar-refractivity contribution >= 4 is 23.4 Å². The van der Waals surface area contributed by atoms with Gasteiger partial charge in [-0.05, 0) is 68.5 Å². The number of rotatable bonds is 7. The molecule has 2 N–H and O–H groups in total. The molecule has 2 aromatic rings. The Morgan fingerprint density at radius 3 is 2.57 bits per heavy atom. The SMILES string of the molecule is CC(=O)Nc1ccc(C(=O)N2CCC[C@H](CCC(=O)NCc3ccc(C)o3)C2)cc1. The second-order valence-corrected chi connectivity index (χ2v) is 7.85. The maximum atomic E-state index is 12.8. The van der Waals surface area contributed by atoms with E-state index in [4.69, 9.17) is 4.42 Å². The number of anilines is 1. The van der Waals surface area contributed by atoms with Gasteiger partial charge in [0.05, 0.1) is 6.54 Å². The molecule has 30 heavy (non-hydrogen) atoms. The van der Waals surface area contributed by atoms with Crippen molar-refractivity contribution in [3.63, 3.8) is 0 Å². The number of carbonyl (C=O) groups is 3. The first-order valence-electron chi connectivity index (χ1n) is 10.4. The summed E-state index contributed by atoms with van der Waals surface area (Å²) in [4.78, 5) is 38.0. The Hall–Kier alpha value is -3.09. The molecule has 7 heteroatoms. The molecule has 0 saturated carbocycles. The lowest BCUT2D eigenvalue weighted by atomic mass is 9.92. The minimum Gasteiger partial charge on any atom is -0.465 e. The van der Waals surface area contributed by atoms with Crippen LogP contribution < -0.4 is 10.6 Å². The van der Waals surface area contributed by atoms with Crippen molar-refractivity contribution < 1.29 is 18.8 Å². The molecule has 0 aliphatic carbocycles. The first-order valence-corrected chi connectivity index (χ1v) is 10.4. The molecule has 0 unspecified atom stereocenters. The van der Waals surface area contributed by atoms with Crippen molar-refractivity contribution in [2.45, 2.75) is 46.1 Å². The average Bonchev–Trinajstić information content (AvgIpc) is 3.16. The molecule has 1 aromatic heterocycles. The normalized spacial score (nSPS) is 16.2. The van der Waals surface area contributed by atoms with Gasteiger partial charge in [-0.3, -0.25) is 14.4 Å². The number of likely N-dealkylation sites (tertiary alicyclic amines) is 1. The van der Waals surface area contributed by atoms with Crippen LogP contribution in [0.15, 0.2) is 40.8 Å². The Labute approximate surface area is 176 Å². The minimum absolute atomic E-state index is 0.000984. The Morgan fingerprint density at radius 1 is 1.13 bits per heavy atom. The van der Waals surface area contributed by atoms with Gasteiger partial charge < -0.3 is 20.0 Å². The number of benzene rings is 1. The molecule has 160 valence electrons. The summed E-state index contributed by atoms with van der Waals surface area (Å²) in [6.07, 6.45) is 3.16. The van der Waals surface area contributed by atoms with Crippen molar-refractivity contribution in [3.8, 4) is 0 Å². The van der Waals surface area contributed by atoms with E-state index in [9.17, 15) is 14.4 Å². The van der Waals surface area contributed by atoms with Crippen LogP contribution in [0.1, 0.15) is 54.5 Å². The number of furan rings is 1. The highest BCUT2D eigenvalue weighted by Gasteiger charge is 2.25.